The molecule has 24 heavy (non-hydrogen) atoms. The van der Waals surface area contributed by atoms with Crippen molar-refractivity contribution in [2.24, 2.45) is 11.0 Å². The average molecular weight is 352 g/mol. The zero-order chi connectivity index (χ0) is 17.5. The number of rotatable bonds is 7. The molecule has 1 aromatic rings. The van der Waals surface area contributed by atoms with E-state index in [-0.39, 0.29) is 17.9 Å². The number of carboxylic acid groups (broad SMARTS) is 1. The second-order valence-corrected chi connectivity index (χ2v) is 6.49. The van der Waals surface area contributed by atoms with Crippen molar-refractivity contribution in [3.8, 4) is 0 Å². The predicted octanol–water partition coefficient (Wildman–Crippen LogP) is 4.78. The first kappa shape index (κ1) is 18.6. The maximum absolute atomic E-state index is 11.7. The van der Waals surface area contributed by atoms with Gasteiger partial charge in [0.25, 0.3) is 0 Å². The van der Waals surface area contributed by atoms with E-state index in [1.54, 1.807) is 12.1 Å². The third-order valence-electron chi connectivity index (χ3n) is 4.65. The highest BCUT2D eigenvalue weighted by molar-refractivity contribution is 6.30. The van der Waals surface area contributed by atoms with Crippen LogP contribution in [0.15, 0.2) is 29.4 Å². The van der Waals surface area contributed by atoms with Gasteiger partial charge in [-0.3, -0.25) is 4.79 Å². The fraction of sp³-hybridized carbons (Fsp3) is 0.588. The van der Waals surface area contributed by atoms with Crippen LogP contribution in [0, 0.1) is 5.92 Å². The summed E-state index contributed by atoms with van der Waals surface area (Å²) in [5.74, 6) is -1.33. The minimum Gasteiger partial charge on any atom is -0.481 e. The summed E-state index contributed by atoms with van der Waals surface area (Å²) in [6.07, 6.45) is 3.72. The highest BCUT2D eigenvalue weighted by atomic mass is 35.5. The van der Waals surface area contributed by atoms with Gasteiger partial charge in [-0.2, -0.15) is 0 Å². The van der Waals surface area contributed by atoms with Crippen molar-refractivity contribution in [2.75, 3.05) is 6.61 Å². The second-order valence-electron chi connectivity index (χ2n) is 6.06. The molecule has 6 nitrogen and oxygen atoms in total. The molecule has 0 aromatic heterocycles. The summed E-state index contributed by atoms with van der Waals surface area (Å²) >= 11 is 5.94. The Bertz CT molecular complexity index is 592. The fourth-order valence-electron chi connectivity index (χ4n) is 3.58. The summed E-state index contributed by atoms with van der Waals surface area (Å²) in [6, 6.07) is 6.01. The van der Waals surface area contributed by atoms with Gasteiger partial charge < -0.3 is 9.84 Å². The van der Waals surface area contributed by atoms with E-state index in [2.05, 4.69) is 10.0 Å². The maximum atomic E-state index is 11.7. The van der Waals surface area contributed by atoms with Crippen LogP contribution in [-0.2, 0) is 9.53 Å². The van der Waals surface area contributed by atoms with Crippen LogP contribution in [0.1, 0.15) is 44.1 Å². The standard InChI is InChI=1S/C17H22ClN3O3/c1-2-24-14-9-5-12(6-10-14)15(16(17(22)23)20-21-19)11-3-7-13(18)8-4-11/h3-4,7-8,12,14-16H,2,5-6,9-10H2,1H3,(H,22,23)/t12?,14?,15-,16-/m0/s1. The van der Waals surface area contributed by atoms with Crippen molar-refractivity contribution in [1.29, 1.82) is 0 Å². The molecule has 7 heteroatoms. The second kappa shape index (κ2) is 8.92. The van der Waals surface area contributed by atoms with Crippen LogP contribution in [0.2, 0.25) is 5.02 Å². The van der Waals surface area contributed by atoms with Gasteiger partial charge in [0.1, 0.15) is 6.04 Å². The van der Waals surface area contributed by atoms with Gasteiger partial charge in [0, 0.05) is 22.5 Å². The molecular weight excluding hydrogens is 330 g/mol. The smallest absolute Gasteiger partial charge is 0.313 e. The van der Waals surface area contributed by atoms with Crippen molar-refractivity contribution in [1.82, 2.24) is 0 Å². The number of carboxylic acids is 1. The number of hydrogen-bond donors (Lipinski definition) is 1. The molecule has 0 spiro atoms. The molecular formula is C17H22ClN3O3. The van der Waals surface area contributed by atoms with Crippen LogP contribution < -0.4 is 0 Å². The highest BCUT2D eigenvalue weighted by Crippen LogP contribution is 2.40. The van der Waals surface area contributed by atoms with E-state index in [1.807, 2.05) is 19.1 Å². The Hall–Kier alpha value is -1.75. The molecule has 0 bridgehead atoms. The van der Waals surface area contributed by atoms with E-state index in [9.17, 15) is 9.90 Å². The quantitative estimate of drug-likeness (QED) is 0.435. The molecule has 0 saturated heterocycles. The van der Waals surface area contributed by atoms with Gasteiger partial charge in [-0.15, -0.1) is 0 Å². The number of carbonyl (C=O) groups is 1. The molecule has 1 N–H and O–H groups in total. The molecule has 130 valence electrons. The lowest BCUT2D eigenvalue weighted by molar-refractivity contribution is -0.139. The Balaban J connectivity index is 2.27. The van der Waals surface area contributed by atoms with Crippen LogP contribution >= 0.6 is 11.6 Å². The zero-order valence-corrected chi connectivity index (χ0v) is 14.4. The largest absolute Gasteiger partial charge is 0.481 e. The summed E-state index contributed by atoms with van der Waals surface area (Å²) in [7, 11) is 0. The Morgan fingerprint density at radius 2 is 2.00 bits per heavy atom. The Labute approximate surface area is 146 Å². The number of hydrogen-bond acceptors (Lipinski definition) is 3. The molecule has 1 aliphatic carbocycles. The number of aliphatic carboxylic acids is 1. The van der Waals surface area contributed by atoms with Crippen LogP contribution in [-0.4, -0.2) is 29.8 Å². The normalized spacial score (nSPS) is 23.1. The van der Waals surface area contributed by atoms with Gasteiger partial charge in [0.2, 0.25) is 0 Å². The van der Waals surface area contributed by atoms with Gasteiger partial charge in [-0.25, -0.2) is 0 Å². The molecule has 0 amide bonds. The lowest BCUT2D eigenvalue weighted by Crippen LogP contribution is -2.34. The molecule has 0 radical (unpaired) electrons. The summed E-state index contributed by atoms with van der Waals surface area (Å²) in [4.78, 5) is 14.4. The minimum atomic E-state index is -1.12. The van der Waals surface area contributed by atoms with Crippen molar-refractivity contribution >= 4 is 17.6 Å². The summed E-state index contributed by atoms with van der Waals surface area (Å²) in [5, 5.41) is 13.7. The highest BCUT2D eigenvalue weighted by Gasteiger charge is 2.37. The zero-order valence-electron chi connectivity index (χ0n) is 13.6. The number of halogens is 1. The number of benzene rings is 1. The first-order valence-corrected chi connectivity index (χ1v) is 8.58. The molecule has 1 fully saturated rings. The first-order chi connectivity index (χ1) is 11.6. The molecule has 0 heterocycles. The van der Waals surface area contributed by atoms with Crippen molar-refractivity contribution < 1.29 is 14.6 Å². The van der Waals surface area contributed by atoms with E-state index < -0.39 is 12.0 Å². The van der Waals surface area contributed by atoms with Crippen LogP contribution in [0.3, 0.4) is 0 Å². The number of azide groups is 1. The Morgan fingerprint density at radius 3 is 2.50 bits per heavy atom. The topological polar surface area (TPSA) is 95.3 Å². The molecule has 1 saturated carbocycles. The van der Waals surface area contributed by atoms with E-state index in [1.165, 1.54) is 0 Å². The van der Waals surface area contributed by atoms with Crippen molar-refractivity contribution in [3.05, 3.63) is 45.3 Å². The van der Waals surface area contributed by atoms with Crippen molar-refractivity contribution in [3.63, 3.8) is 0 Å². The van der Waals surface area contributed by atoms with Gasteiger partial charge in [0.15, 0.2) is 0 Å². The average Bonchev–Trinajstić information content (AvgIpc) is 2.57. The summed E-state index contributed by atoms with van der Waals surface area (Å²) in [6.45, 7) is 2.66. The van der Waals surface area contributed by atoms with Gasteiger partial charge in [0.05, 0.1) is 6.10 Å². The van der Waals surface area contributed by atoms with E-state index in [4.69, 9.17) is 21.9 Å². The Morgan fingerprint density at radius 1 is 1.38 bits per heavy atom. The lowest BCUT2D eigenvalue weighted by Gasteiger charge is -2.35. The Kier molecular flexibility index (Phi) is 6.91. The monoisotopic (exact) mass is 351 g/mol. The summed E-state index contributed by atoms with van der Waals surface area (Å²) < 4.78 is 5.67. The van der Waals surface area contributed by atoms with Crippen LogP contribution in [0.25, 0.3) is 10.4 Å². The molecule has 0 aliphatic heterocycles. The fourth-order valence-corrected chi connectivity index (χ4v) is 3.70. The SMILES string of the molecule is CCOC1CCC([C@H](c2ccc(Cl)cc2)[C@H](N=[N+]=[N-])C(=O)O)CC1. The maximum Gasteiger partial charge on any atom is 0.313 e. The summed E-state index contributed by atoms with van der Waals surface area (Å²) in [5.41, 5.74) is 9.64. The third kappa shape index (κ3) is 4.63. The third-order valence-corrected chi connectivity index (χ3v) is 4.91. The molecule has 2 rings (SSSR count). The van der Waals surface area contributed by atoms with E-state index in [0.717, 1.165) is 31.2 Å². The predicted molar refractivity (Wildman–Crippen MR) is 92.1 cm³/mol. The number of nitrogens with zero attached hydrogens (tertiary/aromatic N) is 3. The molecule has 1 aliphatic rings. The van der Waals surface area contributed by atoms with Gasteiger partial charge in [-0.05, 0) is 61.8 Å². The number of ether oxygens (including phenoxy) is 1. The molecule has 2 atom stereocenters. The molecule has 1 aromatic carbocycles. The van der Waals surface area contributed by atoms with Gasteiger partial charge in [-0.1, -0.05) is 28.8 Å². The van der Waals surface area contributed by atoms with Crippen molar-refractivity contribution in [2.45, 2.75) is 50.7 Å². The first-order valence-electron chi connectivity index (χ1n) is 8.20. The molecule has 0 unspecified atom stereocenters. The lowest BCUT2D eigenvalue weighted by atomic mass is 9.73. The van der Waals surface area contributed by atoms with Crippen LogP contribution in [0.4, 0.5) is 0 Å². The van der Waals surface area contributed by atoms with E-state index >= 15 is 0 Å². The van der Waals surface area contributed by atoms with Gasteiger partial charge >= 0.3 is 5.97 Å². The minimum absolute atomic E-state index is 0.134. The van der Waals surface area contributed by atoms with E-state index in [0.29, 0.717) is 11.6 Å². The van der Waals surface area contributed by atoms with Crippen LogP contribution in [0.5, 0.6) is 0 Å².